The van der Waals surface area contributed by atoms with E-state index in [-0.39, 0.29) is 30.5 Å². The molecule has 0 heterocycles. The molecule has 0 radical (unpaired) electrons. The first-order valence-electron chi connectivity index (χ1n) is 8.95. The van der Waals surface area contributed by atoms with Gasteiger partial charge in [0.1, 0.15) is 5.78 Å². The highest BCUT2D eigenvalue weighted by Gasteiger charge is 2.38. The van der Waals surface area contributed by atoms with Crippen molar-refractivity contribution in [2.75, 3.05) is 0 Å². The van der Waals surface area contributed by atoms with Crippen LogP contribution in [0.4, 0.5) is 0 Å². The third-order valence-corrected chi connectivity index (χ3v) is 4.31. The molecular formula is C20H30O4. The van der Waals surface area contributed by atoms with Gasteiger partial charge in [-0.1, -0.05) is 43.4 Å². The second kappa shape index (κ2) is 11.8. The van der Waals surface area contributed by atoms with Crippen LogP contribution < -0.4 is 0 Å². The van der Waals surface area contributed by atoms with Crippen molar-refractivity contribution in [3.63, 3.8) is 0 Å². The molecule has 1 saturated carbocycles. The van der Waals surface area contributed by atoms with Crippen molar-refractivity contribution in [1.29, 1.82) is 0 Å². The molecule has 1 aliphatic carbocycles. The number of aliphatic hydroxyl groups is 1. The first-order valence-corrected chi connectivity index (χ1v) is 8.95. The van der Waals surface area contributed by atoms with Crippen molar-refractivity contribution in [2.24, 2.45) is 11.8 Å². The predicted octanol–water partition coefficient (Wildman–Crippen LogP) is 4.06. The van der Waals surface area contributed by atoms with Crippen LogP contribution in [-0.4, -0.2) is 28.1 Å². The Morgan fingerprint density at radius 3 is 2.54 bits per heavy atom. The lowest BCUT2D eigenvalue weighted by Crippen LogP contribution is -2.17. The second-order valence-corrected chi connectivity index (χ2v) is 6.30. The number of ketones is 1. The van der Waals surface area contributed by atoms with Gasteiger partial charge < -0.3 is 10.2 Å². The highest BCUT2D eigenvalue weighted by atomic mass is 16.4. The van der Waals surface area contributed by atoms with Crippen molar-refractivity contribution < 1.29 is 19.8 Å². The number of unbranched alkanes of at least 4 members (excludes halogenated alkanes) is 2. The standard InChI is InChI=1S/C20H30O4/c1-2-3-4-5-6-9-12-16-17(19(22)15-18(16)21)13-10-7-8-11-14-20(23)24/h3-4,7,9-10,12,16-18,21H,2,5-6,8,11,13-15H2,1H3,(H,23,24)/t16-,17?,18-/m1/s1. The van der Waals surface area contributed by atoms with Crippen LogP contribution in [0.15, 0.2) is 36.5 Å². The minimum atomic E-state index is -0.781. The lowest BCUT2D eigenvalue weighted by molar-refractivity contribution is -0.137. The molecule has 2 N–H and O–H groups in total. The highest BCUT2D eigenvalue weighted by molar-refractivity contribution is 5.84. The molecule has 1 aliphatic rings. The zero-order valence-corrected chi connectivity index (χ0v) is 14.6. The molecule has 24 heavy (non-hydrogen) atoms. The van der Waals surface area contributed by atoms with Crippen LogP contribution in [-0.2, 0) is 9.59 Å². The van der Waals surface area contributed by atoms with Gasteiger partial charge in [0.2, 0.25) is 0 Å². The maximum Gasteiger partial charge on any atom is 0.303 e. The molecule has 4 nitrogen and oxygen atoms in total. The topological polar surface area (TPSA) is 74.6 Å². The summed E-state index contributed by atoms with van der Waals surface area (Å²) in [5, 5.41) is 18.7. The Morgan fingerprint density at radius 2 is 1.83 bits per heavy atom. The van der Waals surface area contributed by atoms with Crippen LogP contribution in [0.5, 0.6) is 0 Å². The zero-order valence-electron chi connectivity index (χ0n) is 14.6. The number of hydrogen-bond acceptors (Lipinski definition) is 3. The molecule has 1 unspecified atom stereocenters. The normalized spacial score (nSPS) is 24.8. The van der Waals surface area contributed by atoms with Gasteiger partial charge >= 0.3 is 5.97 Å². The molecule has 0 aromatic carbocycles. The summed E-state index contributed by atoms with van der Waals surface area (Å²) in [6, 6.07) is 0. The van der Waals surface area contributed by atoms with E-state index < -0.39 is 12.1 Å². The van der Waals surface area contributed by atoms with Crippen LogP contribution in [0, 0.1) is 11.8 Å². The Labute approximate surface area is 145 Å². The summed E-state index contributed by atoms with van der Waals surface area (Å²) in [5.41, 5.74) is 0. The Balaban J connectivity index is 2.43. The number of carboxylic acid groups (broad SMARTS) is 1. The Kier molecular flexibility index (Phi) is 10.0. The summed E-state index contributed by atoms with van der Waals surface area (Å²) >= 11 is 0. The second-order valence-electron chi connectivity index (χ2n) is 6.30. The third-order valence-electron chi connectivity index (χ3n) is 4.31. The number of Topliss-reactive ketones (excluding diaryl/α,β-unsaturated/α-hetero) is 1. The van der Waals surface area contributed by atoms with E-state index in [4.69, 9.17) is 5.11 Å². The fourth-order valence-corrected chi connectivity index (χ4v) is 2.99. The zero-order chi connectivity index (χ0) is 17.8. The highest BCUT2D eigenvalue weighted by Crippen LogP contribution is 2.33. The van der Waals surface area contributed by atoms with Gasteiger partial charge in [0, 0.05) is 24.7 Å². The Hall–Kier alpha value is -1.68. The van der Waals surface area contributed by atoms with Gasteiger partial charge in [0.15, 0.2) is 0 Å². The van der Waals surface area contributed by atoms with Crippen LogP contribution in [0.2, 0.25) is 0 Å². The molecule has 0 saturated heterocycles. The molecule has 0 spiro atoms. The summed E-state index contributed by atoms with van der Waals surface area (Å²) in [6.45, 7) is 2.10. The van der Waals surface area contributed by atoms with Gasteiger partial charge in [-0.15, -0.1) is 0 Å². The van der Waals surface area contributed by atoms with Crippen LogP contribution in [0.3, 0.4) is 0 Å². The molecule has 1 rings (SSSR count). The van der Waals surface area contributed by atoms with E-state index >= 15 is 0 Å². The number of aliphatic hydroxyl groups excluding tert-OH is 1. The summed E-state index contributed by atoms with van der Waals surface area (Å²) in [5.74, 6) is -0.913. The van der Waals surface area contributed by atoms with Crippen LogP contribution in [0.1, 0.15) is 58.3 Å². The Bertz CT molecular complexity index is 476. The lowest BCUT2D eigenvalue weighted by Gasteiger charge is -2.15. The first kappa shape index (κ1) is 20.4. The summed E-state index contributed by atoms with van der Waals surface area (Å²) < 4.78 is 0. The van der Waals surface area contributed by atoms with Crippen molar-refractivity contribution in [3.8, 4) is 0 Å². The maximum atomic E-state index is 12.1. The van der Waals surface area contributed by atoms with Crippen molar-refractivity contribution in [3.05, 3.63) is 36.5 Å². The Morgan fingerprint density at radius 1 is 1.12 bits per heavy atom. The van der Waals surface area contributed by atoms with Gasteiger partial charge in [0.05, 0.1) is 6.10 Å². The average molecular weight is 334 g/mol. The number of carbonyl (C=O) groups is 2. The lowest BCUT2D eigenvalue weighted by atomic mass is 9.90. The van der Waals surface area contributed by atoms with E-state index in [9.17, 15) is 14.7 Å². The molecule has 4 heteroatoms. The maximum absolute atomic E-state index is 12.1. The molecule has 1 fully saturated rings. The minimum absolute atomic E-state index is 0.101. The summed E-state index contributed by atoms with van der Waals surface area (Å²) in [7, 11) is 0. The number of allylic oxidation sites excluding steroid dienone is 5. The van der Waals surface area contributed by atoms with Gasteiger partial charge in [-0.2, -0.15) is 0 Å². The average Bonchev–Trinajstić information content (AvgIpc) is 2.80. The van der Waals surface area contributed by atoms with E-state index in [1.54, 1.807) is 0 Å². The monoisotopic (exact) mass is 334 g/mol. The van der Waals surface area contributed by atoms with Gasteiger partial charge in [0.25, 0.3) is 0 Å². The van der Waals surface area contributed by atoms with Gasteiger partial charge in [-0.3, -0.25) is 9.59 Å². The minimum Gasteiger partial charge on any atom is -0.481 e. The molecule has 0 aliphatic heterocycles. The fraction of sp³-hybridized carbons (Fsp3) is 0.600. The SMILES string of the molecule is CCC=CCCC=C[C@@H]1C(CC=CCCCC(=O)O)C(=O)C[C@H]1O. The number of aliphatic carboxylic acids is 1. The van der Waals surface area contributed by atoms with Gasteiger partial charge in [-0.05, 0) is 38.5 Å². The third kappa shape index (κ3) is 7.73. The molecule has 0 aromatic heterocycles. The number of rotatable bonds is 11. The quantitative estimate of drug-likeness (QED) is 0.441. The van der Waals surface area contributed by atoms with Gasteiger partial charge in [-0.25, -0.2) is 0 Å². The molecule has 0 aromatic rings. The van der Waals surface area contributed by atoms with E-state index in [2.05, 4.69) is 25.2 Å². The van der Waals surface area contributed by atoms with Crippen molar-refractivity contribution in [1.82, 2.24) is 0 Å². The number of carbonyl (C=O) groups excluding carboxylic acids is 1. The first-order chi connectivity index (χ1) is 11.6. The van der Waals surface area contributed by atoms with Crippen molar-refractivity contribution in [2.45, 2.75) is 64.4 Å². The molecule has 3 atom stereocenters. The summed E-state index contributed by atoms with van der Waals surface area (Å²) in [6.07, 6.45) is 17.0. The number of carboxylic acids is 1. The fourth-order valence-electron chi connectivity index (χ4n) is 2.99. The smallest absolute Gasteiger partial charge is 0.303 e. The largest absolute Gasteiger partial charge is 0.481 e. The van der Waals surface area contributed by atoms with Crippen molar-refractivity contribution >= 4 is 11.8 Å². The predicted molar refractivity (Wildman–Crippen MR) is 95.7 cm³/mol. The molecule has 0 bridgehead atoms. The molecule has 0 amide bonds. The van der Waals surface area contributed by atoms with Crippen LogP contribution in [0.25, 0.3) is 0 Å². The van der Waals surface area contributed by atoms with E-state index in [0.717, 1.165) is 19.3 Å². The summed E-state index contributed by atoms with van der Waals surface area (Å²) in [4.78, 5) is 22.5. The van der Waals surface area contributed by atoms with E-state index in [1.807, 2.05) is 18.2 Å². The number of hydrogen-bond donors (Lipinski definition) is 2. The van der Waals surface area contributed by atoms with E-state index in [0.29, 0.717) is 19.3 Å². The van der Waals surface area contributed by atoms with Crippen LogP contribution >= 0.6 is 0 Å². The van der Waals surface area contributed by atoms with E-state index in [1.165, 1.54) is 0 Å². The molecular weight excluding hydrogens is 304 g/mol. The molecule has 134 valence electrons.